The largest absolute Gasteiger partial charge is 0.293 e. The van der Waals surface area contributed by atoms with Crippen LogP contribution in [0.3, 0.4) is 0 Å². The van der Waals surface area contributed by atoms with Crippen LogP contribution in [0, 0.1) is 5.82 Å². The highest BCUT2D eigenvalue weighted by molar-refractivity contribution is 6.30. The number of Topliss-reactive ketones (excluding diaryl/α,β-unsaturated/α-hetero) is 1. The Kier molecular flexibility index (Phi) is 4.33. The maximum absolute atomic E-state index is 13.4. The van der Waals surface area contributed by atoms with E-state index in [9.17, 15) is 9.18 Å². The second-order valence-corrected chi connectivity index (χ2v) is 4.77. The van der Waals surface area contributed by atoms with Crippen molar-refractivity contribution in [3.05, 3.63) is 70.5 Å². The van der Waals surface area contributed by atoms with E-state index >= 15 is 0 Å². The highest BCUT2D eigenvalue weighted by Crippen LogP contribution is 2.25. The van der Waals surface area contributed by atoms with Crippen molar-refractivity contribution in [1.29, 1.82) is 0 Å². The third-order valence-electron chi connectivity index (χ3n) is 3.13. The molecule has 0 aliphatic heterocycles. The summed E-state index contributed by atoms with van der Waals surface area (Å²) in [4.78, 5) is 12.4. The Morgan fingerprint density at radius 2 is 1.89 bits per heavy atom. The monoisotopic (exact) mass is 276 g/mol. The number of carbonyl (C=O) groups is 1. The summed E-state index contributed by atoms with van der Waals surface area (Å²) in [5.74, 6) is -0.888. The summed E-state index contributed by atoms with van der Waals surface area (Å²) < 4.78 is 13.4. The van der Waals surface area contributed by atoms with Gasteiger partial charge < -0.3 is 0 Å². The molecule has 98 valence electrons. The summed E-state index contributed by atoms with van der Waals surface area (Å²) in [6.45, 7) is 1.95. The molecule has 2 rings (SSSR count). The molecule has 0 radical (unpaired) electrons. The molecule has 2 aromatic rings. The Labute approximate surface area is 117 Å². The third-order valence-corrected chi connectivity index (χ3v) is 3.44. The molecule has 0 fully saturated rings. The quantitative estimate of drug-likeness (QED) is 0.729. The lowest BCUT2D eigenvalue weighted by atomic mass is 9.89. The van der Waals surface area contributed by atoms with Gasteiger partial charge in [-0.3, -0.25) is 4.79 Å². The zero-order valence-corrected chi connectivity index (χ0v) is 11.3. The van der Waals surface area contributed by atoms with Gasteiger partial charge in [0.25, 0.3) is 0 Å². The van der Waals surface area contributed by atoms with Gasteiger partial charge in [0, 0.05) is 11.5 Å². The predicted molar refractivity (Wildman–Crippen MR) is 75.2 cm³/mol. The first-order valence-corrected chi connectivity index (χ1v) is 6.55. The van der Waals surface area contributed by atoms with Gasteiger partial charge in [0.1, 0.15) is 5.82 Å². The fourth-order valence-electron chi connectivity index (χ4n) is 2.11. The van der Waals surface area contributed by atoms with E-state index in [4.69, 9.17) is 11.6 Å². The first-order valence-electron chi connectivity index (χ1n) is 6.17. The highest BCUT2D eigenvalue weighted by Gasteiger charge is 2.20. The number of halogens is 2. The Bertz CT molecular complexity index is 581. The van der Waals surface area contributed by atoms with Gasteiger partial charge in [0.05, 0.1) is 5.02 Å². The lowest BCUT2D eigenvalue weighted by Crippen LogP contribution is -2.12. The number of hydrogen-bond acceptors (Lipinski definition) is 1. The van der Waals surface area contributed by atoms with Gasteiger partial charge >= 0.3 is 0 Å². The highest BCUT2D eigenvalue weighted by atomic mass is 35.5. The van der Waals surface area contributed by atoms with Crippen molar-refractivity contribution in [3.63, 3.8) is 0 Å². The lowest BCUT2D eigenvalue weighted by molar-refractivity contribution is 0.0957. The number of ketones is 1. The van der Waals surface area contributed by atoms with Gasteiger partial charge in [-0.25, -0.2) is 4.39 Å². The maximum Gasteiger partial charge on any atom is 0.170 e. The SMILES string of the molecule is CCC(C(=O)c1ccc(Cl)c(F)c1)c1ccccc1. The predicted octanol–water partition coefficient (Wildman–Crippen LogP) is 4.86. The molecule has 1 nitrogen and oxygen atoms in total. The maximum atomic E-state index is 13.4. The molecule has 0 saturated carbocycles. The molecule has 1 atom stereocenters. The molecule has 0 aliphatic rings. The number of hydrogen-bond donors (Lipinski definition) is 0. The third kappa shape index (κ3) is 3.02. The average Bonchev–Trinajstić information content (AvgIpc) is 2.44. The zero-order valence-electron chi connectivity index (χ0n) is 10.6. The topological polar surface area (TPSA) is 17.1 Å². The molecular weight excluding hydrogens is 263 g/mol. The van der Waals surface area contributed by atoms with Gasteiger partial charge in [0.2, 0.25) is 0 Å². The van der Waals surface area contributed by atoms with Crippen molar-refractivity contribution in [3.8, 4) is 0 Å². The van der Waals surface area contributed by atoms with Crippen LogP contribution < -0.4 is 0 Å². The molecule has 3 heteroatoms. The second kappa shape index (κ2) is 5.98. The summed E-state index contributed by atoms with van der Waals surface area (Å²) in [7, 11) is 0. The van der Waals surface area contributed by atoms with E-state index in [2.05, 4.69) is 0 Å². The van der Waals surface area contributed by atoms with Gasteiger partial charge in [-0.05, 0) is 30.2 Å². The van der Waals surface area contributed by atoms with E-state index in [1.54, 1.807) is 6.07 Å². The molecule has 1 unspecified atom stereocenters. The number of rotatable bonds is 4. The molecule has 0 aliphatic carbocycles. The fourth-order valence-corrected chi connectivity index (χ4v) is 2.23. The van der Waals surface area contributed by atoms with Crippen LogP contribution >= 0.6 is 11.6 Å². The molecule has 0 saturated heterocycles. The van der Waals surface area contributed by atoms with Crippen molar-refractivity contribution in [2.75, 3.05) is 0 Å². The zero-order chi connectivity index (χ0) is 13.8. The number of carbonyl (C=O) groups excluding carboxylic acids is 1. The van der Waals surface area contributed by atoms with Crippen LogP contribution in [0.1, 0.15) is 35.2 Å². The van der Waals surface area contributed by atoms with Crippen LogP contribution in [0.4, 0.5) is 4.39 Å². The van der Waals surface area contributed by atoms with E-state index in [0.29, 0.717) is 12.0 Å². The van der Waals surface area contributed by atoms with E-state index in [1.807, 2.05) is 37.3 Å². The van der Waals surface area contributed by atoms with Crippen molar-refractivity contribution < 1.29 is 9.18 Å². The smallest absolute Gasteiger partial charge is 0.170 e. The van der Waals surface area contributed by atoms with Crippen molar-refractivity contribution in [1.82, 2.24) is 0 Å². The van der Waals surface area contributed by atoms with Gasteiger partial charge in [-0.2, -0.15) is 0 Å². The van der Waals surface area contributed by atoms with E-state index < -0.39 is 5.82 Å². The molecule has 0 aromatic heterocycles. The van der Waals surface area contributed by atoms with Crippen molar-refractivity contribution >= 4 is 17.4 Å². The summed E-state index contributed by atoms with van der Waals surface area (Å²) >= 11 is 5.63. The van der Waals surface area contributed by atoms with Crippen LogP contribution in [0.15, 0.2) is 48.5 Å². The average molecular weight is 277 g/mol. The van der Waals surface area contributed by atoms with E-state index in [1.165, 1.54) is 12.1 Å². The minimum atomic E-state index is -0.560. The Morgan fingerprint density at radius 1 is 1.21 bits per heavy atom. The molecule has 0 spiro atoms. The first kappa shape index (κ1) is 13.8. The van der Waals surface area contributed by atoms with Gasteiger partial charge in [-0.15, -0.1) is 0 Å². The van der Waals surface area contributed by atoms with Crippen LogP contribution in [0.2, 0.25) is 5.02 Å². The molecule has 0 N–H and O–H groups in total. The van der Waals surface area contributed by atoms with Crippen molar-refractivity contribution in [2.24, 2.45) is 0 Å². The van der Waals surface area contributed by atoms with Crippen LogP contribution in [0.5, 0.6) is 0 Å². The van der Waals surface area contributed by atoms with Crippen LogP contribution in [-0.4, -0.2) is 5.78 Å². The summed E-state index contributed by atoms with van der Waals surface area (Å²) in [6, 6.07) is 13.7. The Hall–Kier alpha value is -1.67. The van der Waals surface area contributed by atoms with Crippen molar-refractivity contribution in [2.45, 2.75) is 19.3 Å². The van der Waals surface area contributed by atoms with Crippen LogP contribution in [-0.2, 0) is 0 Å². The minimum Gasteiger partial charge on any atom is -0.293 e. The molecule has 19 heavy (non-hydrogen) atoms. The lowest BCUT2D eigenvalue weighted by Gasteiger charge is -2.14. The fraction of sp³-hybridized carbons (Fsp3) is 0.188. The van der Waals surface area contributed by atoms with E-state index in [-0.39, 0.29) is 16.7 Å². The van der Waals surface area contributed by atoms with Gasteiger partial charge in [0.15, 0.2) is 5.78 Å². The number of benzene rings is 2. The summed E-state index contributed by atoms with van der Waals surface area (Å²) in [5, 5.41) is 0.0318. The summed E-state index contributed by atoms with van der Waals surface area (Å²) in [5.41, 5.74) is 1.31. The molecule has 0 heterocycles. The normalized spacial score (nSPS) is 12.2. The van der Waals surface area contributed by atoms with Crippen LogP contribution in [0.25, 0.3) is 0 Å². The van der Waals surface area contributed by atoms with Gasteiger partial charge in [-0.1, -0.05) is 48.9 Å². The molecule has 0 amide bonds. The Balaban J connectivity index is 2.33. The van der Waals surface area contributed by atoms with E-state index in [0.717, 1.165) is 5.56 Å². The molecular formula is C16H14ClFO. The standard InChI is InChI=1S/C16H14ClFO/c1-2-13(11-6-4-3-5-7-11)16(19)12-8-9-14(17)15(18)10-12/h3-10,13H,2H2,1H3. The second-order valence-electron chi connectivity index (χ2n) is 4.36. The molecule has 2 aromatic carbocycles. The summed E-state index contributed by atoms with van der Waals surface area (Å²) in [6.07, 6.45) is 0.674. The Morgan fingerprint density at radius 3 is 2.47 bits per heavy atom. The molecule has 0 bridgehead atoms. The first-order chi connectivity index (χ1) is 9.13. The minimum absolute atomic E-state index is 0.0318.